The van der Waals surface area contributed by atoms with Crippen LogP contribution in [0.4, 0.5) is 0 Å². The van der Waals surface area contributed by atoms with Gasteiger partial charge in [0.2, 0.25) is 0 Å². The maximum Gasteiger partial charge on any atom is 0.119 e. The highest BCUT2D eigenvalue weighted by molar-refractivity contribution is 5.87. The molecule has 0 aliphatic heterocycles. The maximum atomic E-state index is 5.37. The first-order chi connectivity index (χ1) is 8.63. The lowest BCUT2D eigenvalue weighted by molar-refractivity contribution is 0.415. The third-order valence-corrected chi connectivity index (χ3v) is 3.99. The van der Waals surface area contributed by atoms with Crippen LogP contribution in [0.3, 0.4) is 0 Å². The van der Waals surface area contributed by atoms with E-state index in [2.05, 4.69) is 43.5 Å². The summed E-state index contributed by atoms with van der Waals surface area (Å²) in [5, 5.41) is 1.37. The molecule has 1 aromatic carbocycles. The number of benzene rings is 1. The first-order valence-electron chi connectivity index (χ1n) is 6.82. The summed E-state index contributed by atoms with van der Waals surface area (Å²) >= 11 is 0. The SMILES string of the molecule is C.COc1ccc2c(c1)c(C(C)C)c(C)n2C1CC1. The Hall–Kier alpha value is -1.44. The molecule has 1 aromatic heterocycles. The van der Waals surface area contributed by atoms with Gasteiger partial charge in [-0.2, -0.15) is 0 Å². The van der Waals surface area contributed by atoms with Gasteiger partial charge in [-0.25, -0.2) is 0 Å². The van der Waals surface area contributed by atoms with Crippen LogP contribution in [-0.4, -0.2) is 11.7 Å². The number of fused-ring (bicyclic) bond motifs is 1. The van der Waals surface area contributed by atoms with Gasteiger partial charge in [-0.15, -0.1) is 0 Å². The highest BCUT2D eigenvalue weighted by atomic mass is 16.5. The van der Waals surface area contributed by atoms with Crippen LogP contribution < -0.4 is 4.74 Å². The van der Waals surface area contributed by atoms with E-state index in [9.17, 15) is 0 Å². The summed E-state index contributed by atoms with van der Waals surface area (Å²) in [6.45, 7) is 6.82. The van der Waals surface area contributed by atoms with Crippen LogP contribution in [-0.2, 0) is 0 Å². The zero-order chi connectivity index (χ0) is 12.9. The lowest BCUT2D eigenvalue weighted by Gasteiger charge is -2.08. The van der Waals surface area contributed by atoms with Crippen LogP contribution in [0.1, 0.15) is 57.3 Å². The zero-order valence-electron chi connectivity index (χ0n) is 11.7. The Morgan fingerprint density at radius 1 is 1.26 bits per heavy atom. The van der Waals surface area contributed by atoms with Crippen LogP contribution in [0.25, 0.3) is 10.9 Å². The molecule has 0 radical (unpaired) electrons. The van der Waals surface area contributed by atoms with Crippen LogP contribution in [0, 0.1) is 6.92 Å². The smallest absolute Gasteiger partial charge is 0.119 e. The lowest BCUT2D eigenvalue weighted by atomic mass is 10.00. The summed E-state index contributed by atoms with van der Waals surface area (Å²) < 4.78 is 7.90. The van der Waals surface area contributed by atoms with Crippen LogP contribution in [0.5, 0.6) is 5.75 Å². The molecule has 104 valence electrons. The molecular weight excluding hydrogens is 234 g/mol. The largest absolute Gasteiger partial charge is 0.497 e. The standard InChI is InChI=1S/C16H21NO.CH4/c1-10(2)16-11(3)17(12-5-6-12)15-8-7-13(18-4)9-14(15)16;/h7-10,12H,5-6H2,1-4H3;1H4. The molecule has 1 fully saturated rings. The van der Waals surface area contributed by atoms with Gasteiger partial charge in [-0.3, -0.25) is 0 Å². The number of aromatic nitrogens is 1. The lowest BCUT2D eigenvalue weighted by Crippen LogP contribution is -1.98. The van der Waals surface area contributed by atoms with Crippen LogP contribution in [0.15, 0.2) is 18.2 Å². The average molecular weight is 259 g/mol. The summed E-state index contributed by atoms with van der Waals surface area (Å²) in [5.41, 5.74) is 4.30. The topological polar surface area (TPSA) is 14.2 Å². The second kappa shape index (κ2) is 4.92. The molecule has 19 heavy (non-hydrogen) atoms. The Labute approximate surface area is 116 Å². The van der Waals surface area contributed by atoms with Crippen molar-refractivity contribution < 1.29 is 4.74 Å². The highest BCUT2D eigenvalue weighted by Gasteiger charge is 2.28. The molecule has 1 saturated carbocycles. The fourth-order valence-electron chi connectivity index (χ4n) is 3.11. The van der Waals surface area contributed by atoms with Crippen molar-refractivity contribution in [3.63, 3.8) is 0 Å². The Morgan fingerprint density at radius 2 is 1.95 bits per heavy atom. The van der Waals surface area contributed by atoms with Crippen molar-refractivity contribution in [3.8, 4) is 5.75 Å². The zero-order valence-corrected chi connectivity index (χ0v) is 11.7. The fourth-order valence-corrected chi connectivity index (χ4v) is 3.11. The number of ether oxygens (including phenoxy) is 1. The highest BCUT2D eigenvalue weighted by Crippen LogP contribution is 2.43. The normalized spacial score (nSPS) is 14.8. The van der Waals surface area contributed by atoms with E-state index in [1.54, 1.807) is 7.11 Å². The molecule has 2 aromatic rings. The molecule has 2 heteroatoms. The van der Waals surface area contributed by atoms with Crippen molar-refractivity contribution in [2.45, 2.75) is 53.0 Å². The molecule has 1 heterocycles. The van der Waals surface area contributed by atoms with Crippen molar-refractivity contribution in [3.05, 3.63) is 29.5 Å². The molecule has 0 spiro atoms. The summed E-state index contributed by atoms with van der Waals surface area (Å²) in [6.07, 6.45) is 2.66. The van der Waals surface area contributed by atoms with E-state index in [1.165, 1.54) is 35.0 Å². The van der Waals surface area contributed by atoms with E-state index in [-0.39, 0.29) is 7.43 Å². The van der Waals surface area contributed by atoms with Gasteiger partial charge in [0.25, 0.3) is 0 Å². The van der Waals surface area contributed by atoms with Crippen molar-refractivity contribution >= 4 is 10.9 Å². The Balaban J connectivity index is 0.00000133. The first kappa shape index (κ1) is 14.0. The Morgan fingerprint density at radius 3 is 2.47 bits per heavy atom. The summed E-state index contributed by atoms with van der Waals surface area (Å²) in [6, 6.07) is 7.21. The first-order valence-corrected chi connectivity index (χ1v) is 6.82. The molecule has 1 aliphatic rings. The van der Waals surface area contributed by atoms with E-state index in [1.807, 2.05) is 0 Å². The van der Waals surface area contributed by atoms with Gasteiger partial charge < -0.3 is 9.30 Å². The van der Waals surface area contributed by atoms with E-state index >= 15 is 0 Å². The number of rotatable bonds is 3. The van der Waals surface area contributed by atoms with Gasteiger partial charge in [0.05, 0.1) is 7.11 Å². The van der Waals surface area contributed by atoms with Crippen molar-refractivity contribution in [2.75, 3.05) is 7.11 Å². The van der Waals surface area contributed by atoms with E-state index < -0.39 is 0 Å². The second-order valence-electron chi connectivity index (χ2n) is 5.64. The van der Waals surface area contributed by atoms with Crippen molar-refractivity contribution in [1.82, 2.24) is 4.57 Å². The third kappa shape index (κ3) is 2.13. The summed E-state index contributed by atoms with van der Waals surface area (Å²) in [4.78, 5) is 0. The fraction of sp³-hybridized carbons (Fsp3) is 0.529. The molecule has 0 bridgehead atoms. The van der Waals surface area contributed by atoms with Gasteiger partial charge in [0.1, 0.15) is 5.75 Å². The molecule has 0 amide bonds. The van der Waals surface area contributed by atoms with Gasteiger partial charge >= 0.3 is 0 Å². The molecular formula is C17H25NO. The number of methoxy groups -OCH3 is 1. The maximum absolute atomic E-state index is 5.37. The van der Waals surface area contributed by atoms with Gasteiger partial charge in [-0.1, -0.05) is 21.3 Å². The predicted octanol–water partition coefficient (Wildman–Crippen LogP) is 5.05. The molecule has 0 unspecified atom stereocenters. The minimum Gasteiger partial charge on any atom is -0.497 e. The molecule has 0 N–H and O–H groups in total. The predicted molar refractivity (Wildman–Crippen MR) is 82.3 cm³/mol. The minimum absolute atomic E-state index is 0. The number of hydrogen-bond donors (Lipinski definition) is 0. The molecule has 1 aliphatic carbocycles. The monoisotopic (exact) mass is 259 g/mol. The molecule has 2 nitrogen and oxygen atoms in total. The van der Waals surface area contributed by atoms with Crippen LogP contribution in [0.2, 0.25) is 0 Å². The Bertz CT molecular complexity index is 591. The third-order valence-electron chi connectivity index (χ3n) is 3.99. The average Bonchev–Trinajstić information content (AvgIpc) is 3.11. The molecule has 3 rings (SSSR count). The van der Waals surface area contributed by atoms with Crippen molar-refractivity contribution in [2.24, 2.45) is 0 Å². The van der Waals surface area contributed by atoms with E-state index in [4.69, 9.17) is 4.74 Å². The quantitative estimate of drug-likeness (QED) is 0.752. The number of hydrogen-bond acceptors (Lipinski definition) is 1. The number of nitrogens with zero attached hydrogens (tertiary/aromatic N) is 1. The minimum atomic E-state index is 0. The Kier molecular flexibility index (Phi) is 3.62. The van der Waals surface area contributed by atoms with Crippen LogP contribution >= 0.6 is 0 Å². The van der Waals surface area contributed by atoms with Gasteiger partial charge in [-0.05, 0) is 49.4 Å². The summed E-state index contributed by atoms with van der Waals surface area (Å²) in [7, 11) is 1.74. The summed E-state index contributed by atoms with van der Waals surface area (Å²) in [5.74, 6) is 1.51. The van der Waals surface area contributed by atoms with Gasteiger partial charge in [0, 0.05) is 22.6 Å². The van der Waals surface area contributed by atoms with Crippen molar-refractivity contribution in [1.29, 1.82) is 0 Å². The molecule has 0 saturated heterocycles. The van der Waals surface area contributed by atoms with E-state index in [0.717, 1.165) is 11.8 Å². The second-order valence-corrected chi connectivity index (χ2v) is 5.64. The molecule has 0 atom stereocenters. The van der Waals surface area contributed by atoms with E-state index in [0.29, 0.717) is 5.92 Å². The van der Waals surface area contributed by atoms with Gasteiger partial charge in [0.15, 0.2) is 0 Å².